The number of hydrogen-bond acceptors (Lipinski definition) is 7. The number of nitrogens with one attached hydrogen (secondary N) is 1. The Morgan fingerprint density at radius 3 is 2.60 bits per heavy atom. The highest BCUT2D eigenvalue weighted by molar-refractivity contribution is 5.96. The third kappa shape index (κ3) is 5.01. The minimum Gasteiger partial charge on any atom is -0.504 e. The molecule has 4 rings (SSSR count). The zero-order valence-electron chi connectivity index (χ0n) is 20.0. The Bertz CT molecular complexity index is 1210. The summed E-state index contributed by atoms with van der Waals surface area (Å²) >= 11 is 0. The fourth-order valence-corrected chi connectivity index (χ4v) is 4.34. The summed E-state index contributed by atoms with van der Waals surface area (Å²) in [4.78, 5) is 28.8. The molecule has 182 valence electrons. The maximum atomic E-state index is 13.4. The molecule has 3 aromatic carbocycles. The molecule has 1 unspecified atom stereocenters. The number of anilines is 3. The number of phenols is 1. The van der Waals surface area contributed by atoms with Gasteiger partial charge >= 0.3 is 6.09 Å². The molecule has 0 saturated heterocycles. The van der Waals surface area contributed by atoms with Crippen LogP contribution in [0.2, 0.25) is 0 Å². The van der Waals surface area contributed by atoms with E-state index in [4.69, 9.17) is 9.47 Å². The molecule has 1 amide bonds. The SMILES string of the molecule is CNc1ccc(COC(=O)N(CC2Cc3ccccc3N2C)c2cc(O)c(OC)cc2C=O)cc1. The van der Waals surface area contributed by atoms with Crippen molar-refractivity contribution in [1.29, 1.82) is 0 Å². The number of nitrogens with zero attached hydrogens (tertiary/aromatic N) is 2. The van der Waals surface area contributed by atoms with Gasteiger partial charge in [-0.1, -0.05) is 30.3 Å². The predicted octanol–water partition coefficient (Wildman–Crippen LogP) is 4.46. The molecular formula is C27H29N3O5. The van der Waals surface area contributed by atoms with Gasteiger partial charge in [0.1, 0.15) is 6.61 Å². The van der Waals surface area contributed by atoms with Gasteiger partial charge in [0.2, 0.25) is 0 Å². The topological polar surface area (TPSA) is 91.3 Å². The van der Waals surface area contributed by atoms with Crippen LogP contribution in [0.3, 0.4) is 0 Å². The Morgan fingerprint density at radius 1 is 1.20 bits per heavy atom. The number of amides is 1. The van der Waals surface area contributed by atoms with Gasteiger partial charge in [0, 0.05) is 43.6 Å². The zero-order chi connectivity index (χ0) is 24.9. The molecule has 0 saturated carbocycles. The number of aldehydes is 1. The maximum Gasteiger partial charge on any atom is 0.414 e. The van der Waals surface area contributed by atoms with Crippen LogP contribution in [0.1, 0.15) is 21.5 Å². The van der Waals surface area contributed by atoms with E-state index < -0.39 is 6.09 Å². The van der Waals surface area contributed by atoms with Crippen LogP contribution in [0.4, 0.5) is 21.9 Å². The summed E-state index contributed by atoms with van der Waals surface area (Å²) in [6, 6.07) is 18.4. The van der Waals surface area contributed by atoms with Gasteiger partial charge in [-0.3, -0.25) is 9.69 Å². The van der Waals surface area contributed by atoms with E-state index in [1.165, 1.54) is 29.7 Å². The van der Waals surface area contributed by atoms with E-state index in [1.807, 2.05) is 56.6 Å². The summed E-state index contributed by atoms with van der Waals surface area (Å²) < 4.78 is 10.8. The monoisotopic (exact) mass is 475 g/mol. The molecule has 8 heteroatoms. The molecule has 1 aliphatic heterocycles. The molecule has 1 aliphatic rings. The summed E-state index contributed by atoms with van der Waals surface area (Å²) in [6.07, 6.45) is 0.765. The average Bonchev–Trinajstić information content (AvgIpc) is 3.21. The van der Waals surface area contributed by atoms with Crippen LogP contribution < -0.4 is 19.9 Å². The lowest BCUT2D eigenvalue weighted by atomic mass is 10.1. The number of methoxy groups -OCH3 is 1. The molecule has 0 aromatic heterocycles. The minimum atomic E-state index is -0.611. The van der Waals surface area contributed by atoms with Crippen LogP contribution in [0.15, 0.2) is 60.7 Å². The molecule has 0 bridgehead atoms. The molecular weight excluding hydrogens is 446 g/mol. The van der Waals surface area contributed by atoms with Crippen molar-refractivity contribution in [1.82, 2.24) is 0 Å². The number of aromatic hydroxyl groups is 1. The predicted molar refractivity (Wildman–Crippen MR) is 136 cm³/mol. The molecule has 8 nitrogen and oxygen atoms in total. The number of phenolic OH excluding ortho intramolecular Hbond substituents is 1. The van der Waals surface area contributed by atoms with E-state index in [-0.39, 0.29) is 41.9 Å². The number of fused-ring (bicyclic) bond motifs is 1. The number of rotatable bonds is 8. The zero-order valence-corrected chi connectivity index (χ0v) is 20.0. The third-order valence-corrected chi connectivity index (χ3v) is 6.34. The second-order valence-corrected chi connectivity index (χ2v) is 8.41. The van der Waals surface area contributed by atoms with E-state index >= 15 is 0 Å². The summed E-state index contributed by atoms with van der Waals surface area (Å²) in [6.45, 7) is 0.327. The number of likely N-dealkylation sites (N-methyl/N-ethyl adjacent to an activating group) is 1. The van der Waals surface area contributed by atoms with Crippen molar-refractivity contribution < 1.29 is 24.2 Å². The van der Waals surface area contributed by atoms with E-state index in [0.717, 1.165) is 23.4 Å². The Labute approximate surface area is 204 Å². The first kappa shape index (κ1) is 23.9. The Hall–Kier alpha value is -4.20. The number of carbonyl (C=O) groups is 2. The van der Waals surface area contributed by atoms with Crippen LogP contribution in [0.25, 0.3) is 0 Å². The van der Waals surface area contributed by atoms with Crippen molar-refractivity contribution in [3.05, 3.63) is 77.4 Å². The lowest BCUT2D eigenvalue weighted by Gasteiger charge is -2.30. The molecule has 0 spiro atoms. The molecule has 1 heterocycles. The first-order valence-corrected chi connectivity index (χ1v) is 11.3. The Kier molecular flexibility index (Phi) is 7.10. The standard InChI is InChI=1S/C27H29N3O5/c1-28-21-10-8-18(9-11-21)17-35-27(33)30(24-14-25(32)26(34-3)13-20(24)16-31)15-22-12-19-6-4-5-7-23(19)29(22)2/h4-11,13-14,16,22,28,32H,12,15,17H2,1-3H3. The van der Waals surface area contributed by atoms with Gasteiger partial charge in [0.15, 0.2) is 17.8 Å². The quantitative estimate of drug-likeness (QED) is 0.465. The van der Waals surface area contributed by atoms with Crippen LogP contribution >= 0.6 is 0 Å². The third-order valence-electron chi connectivity index (χ3n) is 6.34. The highest BCUT2D eigenvalue weighted by Gasteiger charge is 2.32. The van der Waals surface area contributed by atoms with Gasteiger partial charge in [-0.05, 0) is 41.8 Å². The normalized spacial score (nSPS) is 14.3. The van der Waals surface area contributed by atoms with Gasteiger partial charge in [0.25, 0.3) is 0 Å². The molecule has 0 fully saturated rings. The Morgan fingerprint density at radius 2 is 1.94 bits per heavy atom. The van der Waals surface area contributed by atoms with Gasteiger partial charge in [0.05, 0.1) is 18.8 Å². The van der Waals surface area contributed by atoms with Gasteiger partial charge < -0.3 is 24.8 Å². The smallest absolute Gasteiger partial charge is 0.414 e. The first-order valence-electron chi connectivity index (χ1n) is 11.3. The van der Waals surface area contributed by atoms with Crippen molar-refractivity contribution in [3.63, 3.8) is 0 Å². The van der Waals surface area contributed by atoms with Crippen molar-refractivity contribution in [2.24, 2.45) is 0 Å². The van der Waals surface area contributed by atoms with Crippen molar-refractivity contribution in [2.45, 2.75) is 19.1 Å². The number of para-hydroxylation sites is 1. The van der Waals surface area contributed by atoms with Gasteiger partial charge in [-0.2, -0.15) is 0 Å². The van der Waals surface area contributed by atoms with Gasteiger partial charge in [-0.15, -0.1) is 0 Å². The average molecular weight is 476 g/mol. The summed E-state index contributed by atoms with van der Waals surface area (Å²) in [5, 5.41) is 13.5. The molecule has 35 heavy (non-hydrogen) atoms. The summed E-state index contributed by atoms with van der Waals surface area (Å²) in [5.41, 5.74) is 4.55. The molecule has 2 N–H and O–H groups in total. The largest absolute Gasteiger partial charge is 0.504 e. The number of benzene rings is 3. The molecule has 1 atom stereocenters. The fourth-order valence-electron chi connectivity index (χ4n) is 4.34. The van der Waals surface area contributed by atoms with Crippen LogP contribution in [0.5, 0.6) is 11.5 Å². The second kappa shape index (κ2) is 10.4. The Balaban J connectivity index is 1.62. The fraction of sp³-hybridized carbons (Fsp3) is 0.259. The lowest BCUT2D eigenvalue weighted by Crippen LogP contribution is -2.44. The van der Waals surface area contributed by atoms with E-state index in [2.05, 4.69) is 16.3 Å². The van der Waals surface area contributed by atoms with E-state index in [0.29, 0.717) is 6.29 Å². The van der Waals surface area contributed by atoms with Crippen molar-refractivity contribution >= 4 is 29.4 Å². The van der Waals surface area contributed by atoms with Gasteiger partial charge in [-0.25, -0.2) is 4.79 Å². The second-order valence-electron chi connectivity index (χ2n) is 8.41. The summed E-state index contributed by atoms with van der Waals surface area (Å²) in [7, 11) is 5.22. The minimum absolute atomic E-state index is 0.0430. The van der Waals surface area contributed by atoms with Crippen LogP contribution in [-0.4, -0.2) is 51.3 Å². The number of carbonyl (C=O) groups excluding carboxylic acids is 2. The van der Waals surface area contributed by atoms with E-state index in [9.17, 15) is 14.7 Å². The van der Waals surface area contributed by atoms with Crippen molar-refractivity contribution in [2.75, 3.05) is 42.9 Å². The highest BCUT2D eigenvalue weighted by Crippen LogP contribution is 2.36. The lowest BCUT2D eigenvalue weighted by molar-refractivity contribution is 0.112. The van der Waals surface area contributed by atoms with Crippen LogP contribution in [0, 0.1) is 0 Å². The van der Waals surface area contributed by atoms with Crippen molar-refractivity contribution in [3.8, 4) is 11.5 Å². The van der Waals surface area contributed by atoms with Crippen LogP contribution in [-0.2, 0) is 17.8 Å². The molecule has 3 aromatic rings. The first-order chi connectivity index (χ1) is 16.9. The summed E-state index contributed by atoms with van der Waals surface area (Å²) in [5.74, 6) is -0.0178. The number of hydrogen-bond donors (Lipinski definition) is 2. The molecule has 0 radical (unpaired) electrons. The maximum absolute atomic E-state index is 13.4. The number of ether oxygens (including phenoxy) is 2. The molecule has 0 aliphatic carbocycles. The van der Waals surface area contributed by atoms with E-state index in [1.54, 1.807) is 0 Å². The highest BCUT2D eigenvalue weighted by atomic mass is 16.6.